The zero-order valence-electron chi connectivity index (χ0n) is 19.4. The molecule has 3 heterocycles. The quantitative estimate of drug-likeness (QED) is 0.374. The minimum atomic E-state index is -0.260. The Morgan fingerprint density at radius 2 is 2.00 bits per heavy atom. The van der Waals surface area contributed by atoms with E-state index in [4.69, 9.17) is 4.42 Å². The molecule has 0 aliphatic rings. The normalized spacial score (nSPS) is 11.1. The van der Waals surface area contributed by atoms with E-state index in [9.17, 15) is 10.1 Å². The van der Waals surface area contributed by atoms with Crippen molar-refractivity contribution in [2.24, 2.45) is 0 Å². The van der Waals surface area contributed by atoms with Crippen molar-refractivity contribution in [1.29, 1.82) is 5.26 Å². The van der Waals surface area contributed by atoms with Gasteiger partial charge in [0, 0.05) is 5.69 Å². The highest BCUT2D eigenvalue weighted by atomic mass is 32.2. The van der Waals surface area contributed by atoms with Crippen molar-refractivity contribution < 1.29 is 9.21 Å². The van der Waals surface area contributed by atoms with E-state index in [0.717, 1.165) is 22.7 Å². The molecule has 1 amide bonds. The highest BCUT2D eigenvalue weighted by Crippen LogP contribution is 2.28. The molecule has 3 aromatic heterocycles. The van der Waals surface area contributed by atoms with E-state index in [1.54, 1.807) is 10.9 Å². The van der Waals surface area contributed by atoms with E-state index < -0.39 is 0 Å². The second kappa shape index (κ2) is 9.97. The number of furan rings is 1. The molecule has 0 spiro atoms. The lowest BCUT2D eigenvalue weighted by Crippen LogP contribution is -2.19. The predicted octanol–water partition coefficient (Wildman–Crippen LogP) is 4.45. The molecule has 0 saturated heterocycles. The number of tetrazole rings is 1. The second-order valence-corrected chi connectivity index (χ2v) is 9.11. The largest absolute Gasteiger partial charge is 0.467 e. The van der Waals surface area contributed by atoms with Gasteiger partial charge < -0.3 is 14.3 Å². The number of hydrogen-bond donors (Lipinski definition) is 1. The smallest absolute Gasteiger partial charge is 0.235 e. The second-order valence-electron chi connectivity index (χ2n) is 8.17. The maximum atomic E-state index is 12.9. The molecule has 0 bridgehead atoms. The highest BCUT2D eigenvalue weighted by Gasteiger charge is 2.21. The van der Waals surface area contributed by atoms with Gasteiger partial charge in [-0.1, -0.05) is 37.7 Å². The number of benzene rings is 1. The summed E-state index contributed by atoms with van der Waals surface area (Å²) in [4.78, 5) is 12.9. The highest BCUT2D eigenvalue weighted by molar-refractivity contribution is 7.99. The fourth-order valence-electron chi connectivity index (χ4n) is 3.62. The van der Waals surface area contributed by atoms with Gasteiger partial charge in [-0.2, -0.15) is 9.94 Å². The SMILES string of the molecule is Cc1c(C#N)c(NC(=O)CSc2nnnn2-c2ccc(C(C)C)cc2)n(Cc2ccco2)c1C. The zero-order chi connectivity index (χ0) is 24.2. The number of anilines is 1. The fraction of sp³-hybridized carbons (Fsp3) is 0.292. The monoisotopic (exact) mass is 475 g/mol. The third kappa shape index (κ3) is 4.75. The maximum Gasteiger partial charge on any atom is 0.235 e. The summed E-state index contributed by atoms with van der Waals surface area (Å²) in [5.41, 5.74) is 4.21. The topological polar surface area (TPSA) is 115 Å². The summed E-state index contributed by atoms with van der Waals surface area (Å²) in [6.45, 7) is 8.47. The molecule has 9 nitrogen and oxygen atoms in total. The number of nitrogens with zero attached hydrogens (tertiary/aromatic N) is 6. The van der Waals surface area contributed by atoms with Gasteiger partial charge in [0.15, 0.2) is 0 Å². The lowest BCUT2D eigenvalue weighted by molar-refractivity contribution is -0.113. The molecule has 174 valence electrons. The molecule has 1 aromatic carbocycles. The summed E-state index contributed by atoms with van der Waals surface area (Å²) >= 11 is 1.23. The first-order chi connectivity index (χ1) is 16.4. The summed E-state index contributed by atoms with van der Waals surface area (Å²) < 4.78 is 8.95. The molecule has 0 aliphatic carbocycles. The Kier molecular flexibility index (Phi) is 6.84. The van der Waals surface area contributed by atoms with E-state index in [1.165, 1.54) is 17.3 Å². The molecule has 0 unspecified atom stereocenters. The van der Waals surface area contributed by atoms with Crippen LogP contribution in [-0.4, -0.2) is 36.4 Å². The average molecular weight is 476 g/mol. The Bertz CT molecular complexity index is 1330. The molecule has 4 rings (SSSR count). The standard InChI is InChI=1S/C24H25N7O2S/c1-15(2)18-7-9-19(10-8-18)31-24(27-28-29-31)34-14-22(32)26-23-21(12-25)16(3)17(4)30(23)13-20-6-5-11-33-20/h5-11,15H,13-14H2,1-4H3,(H,26,32). The molecule has 1 N–H and O–H groups in total. The number of nitrogens with one attached hydrogen (secondary N) is 1. The van der Waals surface area contributed by atoms with Crippen LogP contribution in [0.2, 0.25) is 0 Å². The van der Waals surface area contributed by atoms with Crippen LogP contribution in [0.3, 0.4) is 0 Å². The van der Waals surface area contributed by atoms with Crippen molar-refractivity contribution in [3.63, 3.8) is 0 Å². The number of aromatic nitrogens is 5. The van der Waals surface area contributed by atoms with Crippen LogP contribution in [0.5, 0.6) is 0 Å². The van der Waals surface area contributed by atoms with E-state index in [2.05, 4.69) is 40.8 Å². The van der Waals surface area contributed by atoms with Crippen molar-refractivity contribution in [2.45, 2.75) is 45.3 Å². The first-order valence-corrected chi connectivity index (χ1v) is 11.8. The van der Waals surface area contributed by atoms with Gasteiger partial charge in [0.05, 0.1) is 29.8 Å². The Balaban J connectivity index is 1.49. The van der Waals surface area contributed by atoms with Crippen molar-refractivity contribution in [1.82, 2.24) is 24.8 Å². The molecule has 0 fully saturated rings. The summed E-state index contributed by atoms with van der Waals surface area (Å²) in [7, 11) is 0. The number of carbonyl (C=O) groups excluding carboxylic acids is 1. The number of thioether (sulfide) groups is 1. The van der Waals surface area contributed by atoms with Crippen molar-refractivity contribution >= 4 is 23.5 Å². The van der Waals surface area contributed by atoms with Crippen LogP contribution in [0.4, 0.5) is 5.82 Å². The molecule has 0 radical (unpaired) electrons. The van der Waals surface area contributed by atoms with Crippen molar-refractivity contribution in [3.8, 4) is 11.8 Å². The molecular formula is C24H25N7O2S. The number of rotatable bonds is 8. The van der Waals surface area contributed by atoms with E-state index in [0.29, 0.717) is 29.0 Å². The Morgan fingerprint density at radius 3 is 2.65 bits per heavy atom. The Labute approximate surface area is 201 Å². The fourth-order valence-corrected chi connectivity index (χ4v) is 4.31. The Morgan fingerprint density at radius 1 is 1.24 bits per heavy atom. The molecule has 0 saturated carbocycles. The minimum absolute atomic E-state index is 0.0827. The van der Waals surface area contributed by atoms with Crippen LogP contribution >= 0.6 is 11.8 Å². The van der Waals surface area contributed by atoms with Crippen LogP contribution in [0.25, 0.3) is 5.69 Å². The van der Waals surface area contributed by atoms with Gasteiger partial charge in [0.2, 0.25) is 11.1 Å². The van der Waals surface area contributed by atoms with Crippen LogP contribution in [0.1, 0.15) is 47.9 Å². The van der Waals surface area contributed by atoms with Crippen LogP contribution in [0.15, 0.2) is 52.2 Å². The third-order valence-corrected chi connectivity index (χ3v) is 6.59. The first-order valence-electron chi connectivity index (χ1n) is 10.8. The molecular weight excluding hydrogens is 450 g/mol. The van der Waals surface area contributed by atoms with Crippen LogP contribution < -0.4 is 5.32 Å². The van der Waals surface area contributed by atoms with Gasteiger partial charge in [-0.05, 0) is 65.6 Å². The molecule has 0 aliphatic heterocycles. The summed E-state index contributed by atoms with van der Waals surface area (Å²) in [5, 5.41) is 25.0. The molecule has 4 aromatic rings. The minimum Gasteiger partial charge on any atom is -0.467 e. The lowest BCUT2D eigenvalue weighted by atomic mass is 10.0. The lowest BCUT2D eigenvalue weighted by Gasteiger charge is -2.12. The van der Waals surface area contributed by atoms with Gasteiger partial charge in [-0.15, -0.1) is 5.10 Å². The van der Waals surface area contributed by atoms with Gasteiger partial charge in [0.25, 0.3) is 0 Å². The number of hydrogen-bond acceptors (Lipinski definition) is 7. The molecule has 10 heteroatoms. The van der Waals surface area contributed by atoms with Gasteiger partial charge in [-0.3, -0.25) is 4.79 Å². The summed E-state index contributed by atoms with van der Waals surface area (Å²) in [5.74, 6) is 1.44. The van der Waals surface area contributed by atoms with E-state index >= 15 is 0 Å². The summed E-state index contributed by atoms with van der Waals surface area (Å²) in [6.07, 6.45) is 1.60. The van der Waals surface area contributed by atoms with Crippen LogP contribution in [0, 0.1) is 25.2 Å². The number of carbonyl (C=O) groups is 1. The molecule has 34 heavy (non-hydrogen) atoms. The Hall–Kier alpha value is -3.84. The third-order valence-electron chi connectivity index (χ3n) is 5.67. The first kappa shape index (κ1) is 23.3. The van der Waals surface area contributed by atoms with Gasteiger partial charge in [-0.25, -0.2) is 0 Å². The van der Waals surface area contributed by atoms with Crippen LogP contribution in [-0.2, 0) is 11.3 Å². The molecule has 0 atom stereocenters. The average Bonchev–Trinajstić information content (AvgIpc) is 3.56. The number of amides is 1. The number of nitriles is 1. The van der Waals surface area contributed by atoms with E-state index in [1.807, 2.05) is 54.8 Å². The van der Waals surface area contributed by atoms with Crippen molar-refractivity contribution in [3.05, 3.63) is 70.8 Å². The summed E-state index contributed by atoms with van der Waals surface area (Å²) in [6, 6.07) is 13.9. The van der Waals surface area contributed by atoms with E-state index in [-0.39, 0.29) is 11.7 Å². The van der Waals surface area contributed by atoms with Crippen molar-refractivity contribution in [2.75, 3.05) is 11.1 Å². The van der Waals surface area contributed by atoms with Gasteiger partial charge in [0.1, 0.15) is 17.6 Å². The predicted molar refractivity (Wildman–Crippen MR) is 129 cm³/mol. The van der Waals surface area contributed by atoms with Gasteiger partial charge >= 0.3 is 0 Å². The zero-order valence-corrected chi connectivity index (χ0v) is 20.3. The maximum absolute atomic E-state index is 12.9.